The van der Waals surface area contributed by atoms with E-state index in [-0.39, 0.29) is 16.8 Å². The summed E-state index contributed by atoms with van der Waals surface area (Å²) in [5.41, 5.74) is -1.56. The van der Waals surface area contributed by atoms with Crippen LogP contribution in [-0.2, 0) is 15.6 Å². The number of carboxylic acid groups (broad SMARTS) is 1. The first-order valence-corrected chi connectivity index (χ1v) is 10.8. The molecule has 2 N–H and O–H groups in total. The van der Waals surface area contributed by atoms with Crippen molar-refractivity contribution in [3.8, 4) is 0 Å². The van der Waals surface area contributed by atoms with E-state index in [1.807, 2.05) is 5.32 Å². The van der Waals surface area contributed by atoms with Crippen LogP contribution in [0, 0.1) is 5.82 Å². The molecule has 2 heterocycles. The molecular weight excluding hydrogens is 454 g/mol. The minimum Gasteiger partial charge on any atom is -0.465 e. The molecule has 1 aliphatic heterocycles. The van der Waals surface area contributed by atoms with Crippen molar-refractivity contribution < 1.29 is 27.1 Å². The Kier molecular flexibility index (Phi) is 6.01. The zero-order valence-corrected chi connectivity index (χ0v) is 17.9. The molecule has 0 aliphatic carbocycles. The molecule has 0 fully saturated rings. The summed E-state index contributed by atoms with van der Waals surface area (Å²) in [7, 11) is -2.88. The fourth-order valence-corrected chi connectivity index (χ4v) is 4.63. The topological polar surface area (TPSA) is 112 Å². The zero-order chi connectivity index (χ0) is 23.0. The second kappa shape index (κ2) is 8.23. The van der Waals surface area contributed by atoms with E-state index in [0.717, 1.165) is 19.2 Å². The van der Waals surface area contributed by atoms with Crippen molar-refractivity contribution in [3.05, 3.63) is 64.2 Å². The average Bonchev–Trinajstić information content (AvgIpc) is 2.67. The smallest absolute Gasteiger partial charge is 0.411 e. The number of sulfonamides is 1. The number of hydrogen-bond donors (Lipinski definition) is 2. The molecule has 1 aromatic carbocycles. The molecule has 0 spiro atoms. The second-order valence-corrected chi connectivity index (χ2v) is 9.39. The van der Waals surface area contributed by atoms with Gasteiger partial charge in [-0.2, -0.15) is 0 Å². The van der Waals surface area contributed by atoms with E-state index in [9.17, 15) is 22.0 Å². The minimum atomic E-state index is -4.01. The SMILES string of the molecule is CN1C(NC(=O)O)=NC(C)(c2cc(C=C(F)c3ccc(Cl)cn3)ccc2F)CS1(=O)=O. The molecule has 1 aliphatic rings. The number of amides is 1. The second-order valence-electron chi connectivity index (χ2n) is 6.96. The number of aliphatic imine (C=N–C) groups is 1. The van der Waals surface area contributed by atoms with Crippen molar-refractivity contribution in [3.63, 3.8) is 0 Å². The molecular formula is C19H17ClF2N4O4S. The number of carbonyl (C=O) groups is 1. The lowest BCUT2D eigenvalue weighted by Gasteiger charge is -2.35. The highest BCUT2D eigenvalue weighted by Crippen LogP contribution is 2.34. The molecule has 1 unspecified atom stereocenters. The lowest BCUT2D eigenvalue weighted by Crippen LogP contribution is -2.53. The van der Waals surface area contributed by atoms with Crippen LogP contribution in [-0.4, -0.2) is 47.7 Å². The van der Waals surface area contributed by atoms with Crippen molar-refractivity contribution in [1.82, 2.24) is 14.6 Å². The van der Waals surface area contributed by atoms with Gasteiger partial charge in [0.15, 0.2) is 0 Å². The number of guanidine groups is 1. The Morgan fingerprint density at radius 3 is 2.68 bits per heavy atom. The van der Waals surface area contributed by atoms with Crippen molar-refractivity contribution in [2.45, 2.75) is 12.5 Å². The third-order valence-electron chi connectivity index (χ3n) is 4.59. The van der Waals surface area contributed by atoms with Gasteiger partial charge in [0, 0.05) is 18.8 Å². The molecule has 0 bridgehead atoms. The molecule has 31 heavy (non-hydrogen) atoms. The normalized spacial score (nSPS) is 20.9. The first-order chi connectivity index (χ1) is 14.4. The van der Waals surface area contributed by atoms with Crippen LogP contribution >= 0.6 is 11.6 Å². The van der Waals surface area contributed by atoms with Gasteiger partial charge in [-0.1, -0.05) is 17.7 Å². The number of nitrogens with zero attached hydrogens (tertiary/aromatic N) is 3. The van der Waals surface area contributed by atoms with E-state index in [0.29, 0.717) is 9.33 Å². The third kappa shape index (κ3) is 4.83. The molecule has 12 heteroatoms. The lowest BCUT2D eigenvalue weighted by molar-refractivity contribution is 0.199. The van der Waals surface area contributed by atoms with Crippen LogP contribution in [0.15, 0.2) is 41.5 Å². The Bertz CT molecular complexity index is 1200. The summed E-state index contributed by atoms with van der Waals surface area (Å²) < 4.78 is 55.0. The monoisotopic (exact) mass is 470 g/mol. The number of halogens is 3. The number of hydrogen-bond acceptors (Lipinski definition) is 5. The van der Waals surface area contributed by atoms with Crippen LogP contribution in [0.1, 0.15) is 23.7 Å². The predicted molar refractivity (Wildman–Crippen MR) is 112 cm³/mol. The maximum absolute atomic E-state index is 14.7. The molecule has 1 atom stereocenters. The Hall–Kier alpha value is -3.05. The first-order valence-electron chi connectivity index (χ1n) is 8.77. The van der Waals surface area contributed by atoms with E-state index < -0.39 is 45.0 Å². The summed E-state index contributed by atoms with van der Waals surface area (Å²) in [6, 6.07) is 6.45. The van der Waals surface area contributed by atoms with Gasteiger partial charge in [-0.25, -0.2) is 31.3 Å². The van der Waals surface area contributed by atoms with Gasteiger partial charge in [-0.15, -0.1) is 0 Å². The highest BCUT2D eigenvalue weighted by atomic mass is 35.5. The standard InChI is InChI=1S/C19H17ClF2N4O4S/c1-19(10-31(29,30)26(2)17(25-19)24-18(27)28)13-7-11(3-5-14(13)21)8-15(22)16-6-4-12(20)9-23-16/h3-9H,10H2,1-2H3,(H,24,25)(H,27,28). The van der Waals surface area contributed by atoms with Gasteiger partial charge in [0.2, 0.25) is 16.0 Å². The van der Waals surface area contributed by atoms with Gasteiger partial charge < -0.3 is 5.11 Å². The van der Waals surface area contributed by atoms with Crippen LogP contribution in [0.4, 0.5) is 13.6 Å². The predicted octanol–water partition coefficient (Wildman–Crippen LogP) is 3.46. The van der Waals surface area contributed by atoms with Crippen LogP contribution in [0.3, 0.4) is 0 Å². The van der Waals surface area contributed by atoms with Crippen LogP contribution in [0.25, 0.3) is 11.9 Å². The summed E-state index contributed by atoms with van der Waals surface area (Å²) >= 11 is 5.74. The molecule has 0 radical (unpaired) electrons. The number of rotatable bonds is 3. The highest BCUT2D eigenvalue weighted by molar-refractivity contribution is 7.89. The Labute approximate surface area is 181 Å². The molecule has 0 saturated carbocycles. The molecule has 8 nitrogen and oxygen atoms in total. The van der Waals surface area contributed by atoms with Gasteiger partial charge in [0.25, 0.3) is 0 Å². The molecule has 1 amide bonds. The van der Waals surface area contributed by atoms with Crippen LogP contribution < -0.4 is 5.32 Å². The summed E-state index contributed by atoms with van der Waals surface area (Å²) in [5, 5.41) is 11.2. The number of aromatic nitrogens is 1. The van der Waals surface area contributed by atoms with Crippen molar-refractivity contribution in [2.75, 3.05) is 12.8 Å². The van der Waals surface area contributed by atoms with Gasteiger partial charge >= 0.3 is 6.09 Å². The van der Waals surface area contributed by atoms with Crippen LogP contribution in [0.2, 0.25) is 5.02 Å². The summed E-state index contributed by atoms with van der Waals surface area (Å²) in [6.45, 7) is 1.35. The van der Waals surface area contributed by atoms with Crippen molar-refractivity contribution >= 4 is 45.6 Å². The fraction of sp³-hybridized carbons (Fsp3) is 0.211. The molecule has 0 saturated heterocycles. The Morgan fingerprint density at radius 2 is 2.06 bits per heavy atom. The van der Waals surface area contributed by atoms with E-state index in [2.05, 4.69) is 9.98 Å². The van der Waals surface area contributed by atoms with Crippen molar-refractivity contribution in [1.29, 1.82) is 0 Å². The highest BCUT2D eigenvalue weighted by Gasteiger charge is 2.42. The Balaban J connectivity index is 2.08. The molecule has 2 aromatic rings. The van der Waals surface area contributed by atoms with Gasteiger partial charge in [-0.05, 0) is 42.8 Å². The van der Waals surface area contributed by atoms with Crippen LogP contribution in [0.5, 0.6) is 0 Å². The molecule has 3 rings (SSSR count). The zero-order valence-electron chi connectivity index (χ0n) is 16.3. The summed E-state index contributed by atoms with van der Waals surface area (Å²) in [5.74, 6) is -2.58. The summed E-state index contributed by atoms with van der Waals surface area (Å²) in [6.07, 6.45) is 0.850. The van der Waals surface area contributed by atoms with Gasteiger partial charge in [0.05, 0.1) is 16.5 Å². The van der Waals surface area contributed by atoms with E-state index in [1.165, 1.54) is 37.4 Å². The number of pyridine rings is 1. The lowest BCUT2D eigenvalue weighted by atomic mass is 9.92. The van der Waals surface area contributed by atoms with E-state index in [1.54, 1.807) is 0 Å². The van der Waals surface area contributed by atoms with Gasteiger partial charge in [0.1, 0.15) is 17.2 Å². The largest absolute Gasteiger partial charge is 0.465 e. The van der Waals surface area contributed by atoms with E-state index in [4.69, 9.17) is 16.7 Å². The maximum atomic E-state index is 14.7. The molecule has 164 valence electrons. The third-order valence-corrected chi connectivity index (χ3v) is 6.74. The number of nitrogens with one attached hydrogen (secondary N) is 1. The van der Waals surface area contributed by atoms with E-state index >= 15 is 0 Å². The first kappa shape index (κ1) is 22.6. The number of benzene rings is 1. The van der Waals surface area contributed by atoms with Crippen molar-refractivity contribution in [2.24, 2.45) is 4.99 Å². The average molecular weight is 471 g/mol. The quantitative estimate of drug-likeness (QED) is 0.713. The summed E-state index contributed by atoms with van der Waals surface area (Å²) in [4.78, 5) is 19.0. The maximum Gasteiger partial charge on any atom is 0.411 e. The fourth-order valence-electron chi connectivity index (χ4n) is 3.04. The minimum absolute atomic E-state index is 0.00863. The van der Waals surface area contributed by atoms with Gasteiger partial charge in [-0.3, -0.25) is 10.3 Å². The molecule has 1 aromatic heterocycles. The Morgan fingerprint density at radius 1 is 1.35 bits per heavy atom.